The van der Waals surface area contributed by atoms with E-state index < -0.39 is 6.09 Å². The van der Waals surface area contributed by atoms with Gasteiger partial charge in [0.1, 0.15) is 0 Å². The van der Waals surface area contributed by atoms with Crippen molar-refractivity contribution in [3.8, 4) is 0 Å². The molecule has 1 rings (SSSR count). The van der Waals surface area contributed by atoms with Crippen LogP contribution in [0.3, 0.4) is 0 Å². The summed E-state index contributed by atoms with van der Waals surface area (Å²) in [5.74, 6) is 0. The van der Waals surface area contributed by atoms with Crippen molar-refractivity contribution < 1.29 is 9.53 Å². The summed E-state index contributed by atoms with van der Waals surface area (Å²) in [7, 11) is 0. The van der Waals surface area contributed by atoms with Crippen LogP contribution in [0.25, 0.3) is 0 Å². The quantitative estimate of drug-likeness (QED) is 0.767. The number of anilines is 1. The fourth-order valence-electron chi connectivity index (χ4n) is 1.25. The van der Waals surface area contributed by atoms with E-state index in [4.69, 9.17) is 4.74 Å². The molecule has 0 aliphatic heterocycles. The molecule has 0 fully saturated rings. The summed E-state index contributed by atoms with van der Waals surface area (Å²) >= 11 is 0. The number of hydrogen-bond acceptors (Lipinski definition) is 2. The summed E-state index contributed by atoms with van der Waals surface area (Å²) in [6, 6.07) is 7.59. The number of allylic oxidation sites excluding steroid dienone is 1. The van der Waals surface area contributed by atoms with Crippen LogP contribution in [0.4, 0.5) is 10.5 Å². The molecule has 0 radical (unpaired) electrons. The maximum Gasteiger partial charge on any atom is 0.411 e. The first kappa shape index (κ1) is 11.3. The molecule has 3 nitrogen and oxygen atoms in total. The second kappa shape index (κ2) is 5.86. The minimum Gasteiger partial charge on any atom is -0.450 e. The predicted octanol–water partition coefficient (Wildman–Crippen LogP) is 2.98. The zero-order chi connectivity index (χ0) is 11.1. The molecule has 0 aliphatic carbocycles. The lowest BCUT2D eigenvalue weighted by Gasteiger charge is -2.09. The number of para-hydroxylation sites is 1. The second-order valence-electron chi connectivity index (χ2n) is 3.00. The largest absolute Gasteiger partial charge is 0.450 e. The second-order valence-corrected chi connectivity index (χ2v) is 3.00. The number of nitrogens with one attached hydrogen (secondary N) is 1. The van der Waals surface area contributed by atoms with Crippen molar-refractivity contribution >= 4 is 11.8 Å². The monoisotopic (exact) mass is 205 g/mol. The summed E-state index contributed by atoms with van der Waals surface area (Å²) in [5, 5.41) is 2.69. The summed E-state index contributed by atoms with van der Waals surface area (Å²) < 4.78 is 4.80. The van der Waals surface area contributed by atoms with Crippen molar-refractivity contribution in [2.24, 2.45) is 0 Å². The molecule has 0 atom stereocenters. The van der Waals surface area contributed by atoms with Gasteiger partial charge >= 0.3 is 6.09 Å². The summed E-state index contributed by atoms with van der Waals surface area (Å²) in [4.78, 5) is 11.2. The van der Waals surface area contributed by atoms with Crippen LogP contribution in [-0.2, 0) is 11.2 Å². The standard InChI is InChI=1S/C12H15NO2/c1-3-7-10-8-5-6-9-11(10)13-12(14)15-4-2/h3,5-6,8-9H,1,4,7H2,2H3,(H,13,14). The van der Waals surface area contributed by atoms with Crippen LogP contribution in [-0.4, -0.2) is 12.7 Å². The first-order chi connectivity index (χ1) is 7.27. The van der Waals surface area contributed by atoms with Gasteiger partial charge in [0, 0.05) is 5.69 Å². The average Bonchev–Trinajstić information content (AvgIpc) is 2.21. The molecule has 80 valence electrons. The minimum atomic E-state index is -0.422. The molecular weight excluding hydrogens is 190 g/mol. The number of carbonyl (C=O) groups excluding carboxylic acids is 1. The Morgan fingerprint density at radius 1 is 1.53 bits per heavy atom. The average molecular weight is 205 g/mol. The Morgan fingerprint density at radius 3 is 2.93 bits per heavy atom. The van der Waals surface area contributed by atoms with E-state index >= 15 is 0 Å². The fourth-order valence-corrected chi connectivity index (χ4v) is 1.25. The number of carbonyl (C=O) groups is 1. The normalized spacial score (nSPS) is 9.40. The van der Waals surface area contributed by atoms with Gasteiger partial charge in [-0.2, -0.15) is 0 Å². The van der Waals surface area contributed by atoms with Crippen LogP contribution in [0, 0.1) is 0 Å². The molecule has 0 bridgehead atoms. The maximum atomic E-state index is 11.2. The van der Waals surface area contributed by atoms with E-state index in [1.54, 1.807) is 13.0 Å². The van der Waals surface area contributed by atoms with Gasteiger partial charge in [0.05, 0.1) is 6.61 Å². The van der Waals surface area contributed by atoms with Crippen molar-refractivity contribution in [1.82, 2.24) is 0 Å². The van der Waals surface area contributed by atoms with E-state index in [1.165, 1.54) is 0 Å². The first-order valence-electron chi connectivity index (χ1n) is 4.90. The molecular formula is C12H15NO2. The predicted molar refractivity (Wildman–Crippen MR) is 61.0 cm³/mol. The third kappa shape index (κ3) is 3.46. The van der Waals surface area contributed by atoms with E-state index in [1.807, 2.05) is 24.3 Å². The highest BCUT2D eigenvalue weighted by atomic mass is 16.5. The summed E-state index contributed by atoms with van der Waals surface area (Å²) in [5.41, 5.74) is 1.80. The van der Waals surface area contributed by atoms with E-state index in [-0.39, 0.29) is 0 Å². The summed E-state index contributed by atoms with van der Waals surface area (Å²) in [6.07, 6.45) is 2.10. The molecule has 1 aromatic rings. The Bertz CT molecular complexity index is 347. The molecule has 0 saturated heterocycles. The smallest absolute Gasteiger partial charge is 0.411 e. The Labute approximate surface area is 89.8 Å². The first-order valence-corrected chi connectivity index (χ1v) is 4.90. The molecule has 1 aromatic carbocycles. The molecule has 0 aromatic heterocycles. The van der Waals surface area contributed by atoms with E-state index in [9.17, 15) is 4.79 Å². The summed E-state index contributed by atoms with van der Waals surface area (Å²) in [6.45, 7) is 5.81. The highest BCUT2D eigenvalue weighted by Gasteiger charge is 2.04. The SMILES string of the molecule is C=CCc1ccccc1NC(=O)OCC. The van der Waals surface area contributed by atoms with Crippen LogP contribution in [0.15, 0.2) is 36.9 Å². The van der Waals surface area contributed by atoms with Crippen LogP contribution >= 0.6 is 0 Å². The van der Waals surface area contributed by atoms with Crippen molar-refractivity contribution in [2.45, 2.75) is 13.3 Å². The minimum absolute atomic E-state index is 0.370. The molecule has 0 spiro atoms. The van der Waals surface area contributed by atoms with Crippen molar-refractivity contribution in [2.75, 3.05) is 11.9 Å². The molecule has 1 amide bonds. The number of benzene rings is 1. The van der Waals surface area contributed by atoms with Crippen LogP contribution in [0.1, 0.15) is 12.5 Å². The molecule has 0 saturated carbocycles. The molecule has 15 heavy (non-hydrogen) atoms. The van der Waals surface area contributed by atoms with Gasteiger partial charge in [0.15, 0.2) is 0 Å². The lowest BCUT2D eigenvalue weighted by atomic mass is 10.1. The Hall–Kier alpha value is -1.77. The zero-order valence-corrected chi connectivity index (χ0v) is 8.82. The Morgan fingerprint density at radius 2 is 2.27 bits per heavy atom. The van der Waals surface area contributed by atoms with Crippen molar-refractivity contribution in [3.05, 3.63) is 42.5 Å². The molecule has 1 N–H and O–H groups in total. The molecule has 0 aliphatic rings. The maximum absolute atomic E-state index is 11.2. The van der Waals surface area contributed by atoms with E-state index in [0.29, 0.717) is 6.61 Å². The molecule has 0 heterocycles. The number of amides is 1. The van der Waals surface area contributed by atoms with Crippen LogP contribution in [0.2, 0.25) is 0 Å². The van der Waals surface area contributed by atoms with Gasteiger partial charge in [-0.25, -0.2) is 4.79 Å². The van der Waals surface area contributed by atoms with Crippen LogP contribution < -0.4 is 5.32 Å². The van der Waals surface area contributed by atoms with Gasteiger partial charge in [-0.05, 0) is 25.0 Å². The number of rotatable bonds is 4. The van der Waals surface area contributed by atoms with Gasteiger partial charge in [0.25, 0.3) is 0 Å². The van der Waals surface area contributed by atoms with Gasteiger partial charge in [0.2, 0.25) is 0 Å². The van der Waals surface area contributed by atoms with Gasteiger partial charge < -0.3 is 4.74 Å². The third-order valence-electron chi connectivity index (χ3n) is 1.89. The van der Waals surface area contributed by atoms with Crippen molar-refractivity contribution in [1.29, 1.82) is 0 Å². The third-order valence-corrected chi connectivity index (χ3v) is 1.89. The Balaban J connectivity index is 2.74. The molecule has 0 unspecified atom stereocenters. The lowest BCUT2D eigenvalue weighted by molar-refractivity contribution is 0.168. The number of ether oxygens (including phenoxy) is 1. The van der Waals surface area contributed by atoms with Crippen LogP contribution in [0.5, 0.6) is 0 Å². The van der Waals surface area contributed by atoms with Gasteiger partial charge in [-0.1, -0.05) is 24.3 Å². The highest BCUT2D eigenvalue weighted by molar-refractivity contribution is 5.85. The Kier molecular flexibility index (Phi) is 4.41. The van der Waals surface area contributed by atoms with Crippen molar-refractivity contribution in [3.63, 3.8) is 0 Å². The molecule has 3 heteroatoms. The van der Waals surface area contributed by atoms with E-state index in [0.717, 1.165) is 17.7 Å². The zero-order valence-electron chi connectivity index (χ0n) is 8.82. The van der Waals surface area contributed by atoms with Gasteiger partial charge in [-0.3, -0.25) is 5.32 Å². The highest BCUT2D eigenvalue weighted by Crippen LogP contribution is 2.15. The number of hydrogen-bond donors (Lipinski definition) is 1. The fraction of sp³-hybridized carbons (Fsp3) is 0.250. The van der Waals surface area contributed by atoms with E-state index in [2.05, 4.69) is 11.9 Å². The topological polar surface area (TPSA) is 38.3 Å². The lowest BCUT2D eigenvalue weighted by Crippen LogP contribution is -2.14. The van der Waals surface area contributed by atoms with Gasteiger partial charge in [-0.15, -0.1) is 6.58 Å².